The molecule has 0 spiro atoms. The Morgan fingerprint density at radius 2 is 1.74 bits per heavy atom. The van der Waals surface area contributed by atoms with Crippen LogP contribution in [0.1, 0.15) is 43.2 Å². The number of fused-ring (bicyclic) bond motifs is 1. The first-order valence-electron chi connectivity index (χ1n) is 12.2. The van der Waals surface area contributed by atoms with E-state index in [2.05, 4.69) is 80.0 Å². The van der Waals surface area contributed by atoms with Gasteiger partial charge in [-0.2, -0.15) is 0 Å². The van der Waals surface area contributed by atoms with Crippen molar-refractivity contribution in [3.63, 3.8) is 0 Å². The van der Waals surface area contributed by atoms with E-state index in [1.807, 2.05) is 4.90 Å². The van der Waals surface area contributed by atoms with E-state index in [9.17, 15) is 4.39 Å². The van der Waals surface area contributed by atoms with Crippen molar-refractivity contribution >= 4 is 23.3 Å². The Labute approximate surface area is 202 Å². The van der Waals surface area contributed by atoms with Crippen LogP contribution < -0.4 is 0 Å². The molecule has 1 heterocycles. The van der Waals surface area contributed by atoms with Crippen LogP contribution in [0, 0.1) is 6.92 Å². The Morgan fingerprint density at radius 1 is 1.06 bits per heavy atom. The Bertz CT molecular complexity index is 1160. The van der Waals surface area contributed by atoms with Crippen molar-refractivity contribution in [3.8, 4) is 0 Å². The van der Waals surface area contributed by atoms with Crippen molar-refractivity contribution in [1.82, 2.24) is 9.80 Å². The molecule has 2 aromatic carbocycles. The van der Waals surface area contributed by atoms with Crippen LogP contribution in [0.15, 0.2) is 82.3 Å². The molecule has 1 aliphatic carbocycles. The molecule has 5 heteroatoms. The van der Waals surface area contributed by atoms with Gasteiger partial charge >= 0.3 is 0 Å². The number of hydrogen-bond donors (Lipinski definition) is 0. The molecule has 0 amide bonds. The molecule has 0 bridgehead atoms. The van der Waals surface area contributed by atoms with Gasteiger partial charge in [0.1, 0.15) is 11.7 Å². The average Bonchev–Trinajstić information content (AvgIpc) is 2.86. The summed E-state index contributed by atoms with van der Waals surface area (Å²) >= 11 is 0. The Hall–Kier alpha value is -3.21. The highest BCUT2D eigenvalue weighted by Crippen LogP contribution is 2.41. The number of rotatable bonds is 6. The van der Waals surface area contributed by atoms with Crippen molar-refractivity contribution in [2.24, 2.45) is 9.98 Å². The standard InChI is InChI=1S/C29H35FN4/c1-6-32-29(34-17-15-33(16-18-34)22(4)21(3)30)26-14-13-24(19-27(26)31-5)25-12-8-11-23-10-7-9-20(2)28(23)25/h7-12,24H,3-6,13-19H2,1-2H3/b32-29+. The molecule has 2 aromatic rings. The molecule has 4 nitrogen and oxygen atoms in total. The van der Waals surface area contributed by atoms with Crippen LogP contribution in [0.3, 0.4) is 0 Å². The monoisotopic (exact) mass is 458 g/mol. The van der Waals surface area contributed by atoms with Crippen molar-refractivity contribution < 1.29 is 4.39 Å². The molecule has 1 unspecified atom stereocenters. The second kappa shape index (κ2) is 10.4. The number of benzene rings is 2. The van der Waals surface area contributed by atoms with Gasteiger partial charge in [-0.1, -0.05) is 49.6 Å². The summed E-state index contributed by atoms with van der Waals surface area (Å²) in [6, 6.07) is 13.2. The predicted octanol–water partition coefficient (Wildman–Crippen LogP) is 6.40. The van der Waals surface area contributed by atoms with E-state index < -0.39 is 5.83 Å². The molecule has 0 radical (unpaired) electrons. The van der Waals surface area contributed by atoms with Crippen LogP contribution in [0.4, 0.5) is 4.39 Å². The minimum atomic E-state index is -0.459. The van der Waals surface area contributed by atoms with Crippen molar-refractivity contribution in [1.29, 1.82) is 0 Å². The van der Waals surface area contributed by atoms with E-state index in [1.54, 1.807) is 0 Å². The van der Waals surface area contributed by atoms with Crippen LogP contribution in [0.2, 0.25) is 0 Å². The van der Waals surface area contributed by atoms with Gasteiger partial charge in [0, 0.05) is 44.0 Å². The Morgan fingerprint density at radius 3 is 2.38 bits per heavy atom. The van der Waals surface area contributed by atoms with Crippen LogP contribution >= 0.6 is 0 Å². The molecule has 1 atom stereocenters. The highest BCUT2D eigenvalue weighted by atomic mass is 19.1. The molecule has 0 N–H and O–H groups in total. The number of aliphatic imine (C=N–C) groups is 2. The van der Waals surface area contributed by atoms with E-state index in [0.717, 1.165) is 43.9 Å². The molecule has 0 aromatic heterocycles. The molecular formula is C29H35FN4. The lowest BCUT2D eigenvalue weighted by Gasteiger charge is -2.39. The fourth-order valence-corrected chi connectivity index (χ4v) is 5.39. The lowest BCUT2D eigenvalue weighted by molar-refractivity contribution is 0.220. The third-order valence-electron chi connectivity index (χ3n) is 7.16. The first-order chi connectivity index (χ1) is 16.4. The molecule has 34 heavy (non-hydrogen) atoms. The van der Waals surface area contributed by atoms with Gasteiger partial charge in [-0.3, -0.25) is 9.98 Å². The number of allylic oxidation sites excluding steroid dienone is 2. The maximum absolute atomic E-state index is 13.5. The van der Waals surface area contributed by atoms with Crippen LogP contribution in [0.5, 0.6) is 0 Å². The zero-order valence-electron chi connectivity index (χ0n) is 20.5. The smallest absolute Gasteiger partial charge is 0.138 e. The van der Waals surface area contributed by atoms with Gasteiger partial charge in [0.05, 0.1) is 5.70 Å². The number of piperazine rings is 1. The van der Waals surface area contributed by atoms with E-state index >= 15 is 0 Å². The van der Waals surface area contributed by atoms with E-state index in [0.29, 0.717) is 31.2 Å². The lowest BCUT2D eigenvalue weighted by Crippen LogP contribution is -2.49. The predicted molar refractivity (Wildman–Crippen MR) is 142 cm³/mol. The minimum Gasteiger partial charge on any atom is -0.366 e. The third-order valence-corrected chi connectivity index (χ3v) is 7.16. The molecular weight excluding hydrogens is 423 g/mol. The van der Waals surface area contributed by atoms with E-state index in [1.165, 1.54) is 27.5 Å². The van der Waals surface area contributed by atoms with Crippen LogP contribution in [-0.4, -0.2) is 55.1 Å². The van der Waals surface area contributed by atoms with Crippen LogP contribution in [-0.2, 0) is 0 Å². The maximum atomic E-state index is 13.5. The number of aryl methyl sites for hydroxylation is 1. The second-order valence-corrected chi connectivity index (χ2v) is 9.17. The first-order valence-corrected chi connectivity index (χ1v) is 12.2. The van der Waals surface area contributed by atoms with E-state index in [4.69, 9.17) is 4.99 Å². The van der Waals surface area contributed by atoms with Crippen molar-refractivity contribution in [2.75, 3.05) is 32.7 Å². The molecule has 4 rings (SSSR count). The van der Waals surface area contributed by atoms with Crippen LogP contribution in [0.25, 0.3) is 10.8 Å². The molecule has 2 aliphatic rings. The fraction of sp³-hybridized carbons (Fsp3) is 0.379. The van der Waals surface area contributed by atoms with E-state index in [-0.39, 0.29) is 0 Å². The molecule has 178 valence electrons. The third kappa shape index (κ3) is 4.70. The number of halogens is 1. The van der Waals surface area contributed by atoms with Gasteiger partial charge in [-0.25, -0.2) is 4.39 Å². The Kier molecular flexibility index (Phi) is 7.30. The first kappa shape index (κ1) is 23.9. The normalized spacial score (nSPS) is 19.5. The summed E-state index contributed by atoms with van der Waals surface area (Å²) in [5, 5.41) is 2.67. The zero-order valence-corrected chi connectivity index (χ0v) is 20.5. The summed E-state index contributed by atoms with van der Waals surface area (Å²) in [5.74, 6) is 0.980. The molecule has 1 aliphatic heterocycles. The van der Waals surface area contributed by atoms with Gasteiger partial charge in [-0.15, -0.1) is 0 Å². The van der Waals surface area contributed by atoms with Crippen molar-refractivity contribution in [2.45, 2.75) is 39.0 Å². The topological polar surface area (TPSA) is 31.2 Å². The average molecular weight is 459 g/mol. The highest BCUT2D eigenvalue weighted by molar-refractivity contribution is 5.99. The molecule has 1 fully saturated rings. The summed E-state index contributed by atoms with van der Waals surface area (Å²) in [5.41, 5.74) is 5.38. The summed E-state index contributed by atoms with van der Waals surface area (Å²) < 4.78 is 13.5. The number of amidine groups is 1. The van der Waals surface area contributed by atoms with Gasteiger partial charge in [0.15, 0.2) is 0 Å². The Balaban J connectivity index is 1.59. The lowest BCUT2D eigenvalue weighted by atomic mass is 9.80. The van der Waals surface area contributed by atoms with Gasteiger partial charge in [0.25, 0.3) is 0 Å². The molecule has 1 saturated heterocycles. The SMILES string of the molecule is C=NC1=C(/C(=N\CC)N2CCN(C(=C)C(=C)F)CC2)CCC(c2cccc3cccc(C)c23)C1. The zero-order chi connectivity index (χ0) is 24.2. The largest absolute Gasteiger partial charge is 0.366 e. The maximum Gasteiger partial charge on any atom is 0.138 e. The van der Waals surface area contributed by atoms with Crippen molar-refractivity contribution in [3.05, 3.63) is 83.5 Å². The van der Waals surface area contributed by atoms with Gasteiger partial charge in [-0.05, 0) is 67.6 Å². The summed E-state index contributed by atoms with van der Waals surface area (Å²) in [6.07, 6.45) is 2.85. The summed E-state index contributed by atoms with van der Waals surface area (Å²) in [4.78, 5) is 13.7. The summed E-state index contributed by atoms with van der Waals surface area (Å²) in [7, 11) is 0. The fourth-order valence-electron chi connectivity index (χ4n) is 5.39. The molecule has 0 saturated carbocycles. The second-order valence-electron chi connectivity index (χ2n) is 9.17. The number of hydrogen-bond acceptors (Lipinski definition) is 3. The summed E-state index contributed by atoms with van der Waals surface area (Å²) in [6.45, 7) is 19.1. The highest BCUT2D eigenvalue weighted by Gasteiger charge is 2.30. The number of nitrogens with zero attached hydrogens (tertiary/aromatic N) is 4. The van der Waals surface area contributed by atoms with Gasteiger partial charge in [0.2, 0.25) is 0 Å². The minimum absolute atomic E-state index is 0.382. The quantitative estimate of drug-likeness (QED) is 0.285. The van der Waals surface area contributed by atoms with Gasteiger partial charge < -0.3 is 9.80 Å².